The molecule has 2 aliphatic rings. The summed E-state index contributed by atoms with van der Waals surface area (Å²) in [6.07, 6.45) is 3.42. The highest BCUT2D eigenvalue weighted by Crippen LogP contribution is 2.61. The van der Waals surface area contributed by atoms with E-state index in [0.29, 0.717) is 0 Å². The molecule has 0 aromatic heterocycles. The van der Waals surface area contributed by atoms with Gasteiger partial charge < -0.3 is 4.74 Å². The van der Waals surface area contributed by atoms with Gasteiger partial charge in [-0.05, 0) is 37.1 Å². The largest absolute Gasteiger partial charge is 0.328 e. The van der Waals surface area contributed by atoms with E-state index in [1.54, 1.807) is 0 Å². The predicted octanol–water partition coefficient (Wildman–Crippen LogP) is 4.74. The number of piperidine rings is 1. The summed E-state index contributed by atoms with van der Waals surface area (Å²) >= 11 is 0. The molecule has 3 atom stereocenters. The van der Waals surface area contributed by atoms with Gasteiger partial charge in [0.05, 0.1) is 6.04 Å². The average Bonchev–Trinajstić information content (AvgIpc) is 3.00. The lowest BCUT2D eigenvalue weighted by atomic mass is 9.65. The van der Waals surface area contributed by atoms with Crippen molar-refractivity contribution >= 4 is 0 Å². The van der Waals surface area contributed by atoms with E-state index in [1.165, 1.54) is 6.42 Å². The second kappa shape index (κ2) is 7.30. The molecule has 2 aromatic carbocycles. The topological polar surface area (TPSA) is 60.1 Å². The maximum absolute atomic E-state index is 10.6. The molecular weight excluding hydrogens is 358 g/mol. The van der Waals surface area contributed by atoms with E-state index in [-0.39, 0.29) is 6.04 Å². The van der Waals surface area contributed by atoms with Gasteiger partial charge in [-0.2, -0.15) is 10.5 Å². The third-order valence-corrected chi connectivity index (χ3v) is 6.75. The summed E-state index contributed by atoms with van der Waals surface area (Å²) in [6, 6.07) is 24.2. The predicted molar refractivity (Wildman–Crippen MR) is 112 cm³/mol. The van der Waals surface area contributed by atoms with Gasteiger partial charge in [0.1, 0.15) is 12.1 Å². The fourth-order valence-corrected chi connectivity index (χ4v) is 5.41. The van der Waals surface area contributed by atoms with Crippen LogP contribution in [0.5, 0.6) is 0 Å². The summed E-state index contributed by atoms with van der Waals surface area (Å²) in [5.41, 5.74) is -1.41. The highest BCUT2D eigenvalue weighted by Gasteiger charge is 2.70. The molecule has 2 saturated heterocycles. The van der Waals surface area contributed by atoms with Crippen LogP contribution in [0.2, 0.25) is 0 Å². The summed E-state index contributed by atoms with van der Waals surface area (Å²) in [6.45, 7) is 6.02. The minimum absolute atomic E-state index is 0.234. The van der Waals surface area contributed by atoms with Gasteiger partial charge in [0.25, 0.3) is 0 Å². The molecule has 1 unspecified atom stereocenters. The Kier molecular flexibility index (Phi) is 4.95. The molecule has 0 spiro atoms. The minimum atomic E-state index is -1.22. The zero-order valence-corrected chi connectivity index (χ0v) is 17.1. The van der Waals surface area contributed by atoms with E-state index in [0.717, 1.165) is 37.1 Å². The molecule has 4 rings (SSSR count). The van der Waals surface area contributed by atoms with Crippen LogP contribution in [-0.4, -0.2) is 24.0 Å². The molecule has 2 heterocycles. The van der Waals surface area contributed by atoms with Gasteiger partial charge in [0.15, 0.2) is 11.2 Å². The number of rotatable bonds is 3. The molecule has 2 fully saturated rings. The second-order valence-corrected chi connectivity index (χ2v) is 8.70. The van der Waals surface area contributed by atoms with Crippen molar-refractivity contribution in [2.45, 2.75) is 50.4 Å². The number of likely N-dealkylation sites (tertiary alicyclic amines) is 1. The quantitative estimate of drug-likeness (QED) is 0.766. The average molecular weight is 386 g/mol. The number of hydrogen-bond acceptors (Lipinski definition) is 4. The number of nitriles is 2. The summed E-state index contributed by atoms with van der Waals surface area (Å²) < 4.78 is 6.72. The number of nitrogens with zero attached hydrogens (tertiary/aromatic N) is 3. The van der Waals surface area contributed by atoms with Crippen LogP contribution >= 0.6 is 0 Å². The van der Waals surface area contributed by atoms with Gasteiger partial charge in [-0.15, -0.1) is 0 Å². The van der Waals surface area contributed by atoms with E-state index >= 15 is 0 Å². The van der Waals surface area contributed by atoms with Crippen molar-refractivity contribution in [3.63, 3.8) is 0 Å². The zero-order valence-electron chi connectivity index (χ0n) is 17.1. The summed E-state index contributed by atoms with van der Waals surface area (Å²) in [5.74, 6) is 0. The van der Waals surface area contributed by atoms with Crippen molar-refractivity contribution in [3.05, 3.63) is 71.8 Å². The third-order valence-electron chi connectivity index (χ3n) is 6.75. The van der Waals surface area contributed by atoms with Crippen molar-refractivity contribution < 1.29 is 4.74 Å². The fourth-order valence-electron chi connectivity index (χ4n) is 5.41. The van der Waals surface area contributed by atoms with Crippen LogP contribution in [0.15, 0.2) is 60.7 Å². The summed E-state index contributed by atoms with van der Waals surface area (Å²) in [7, 11) is 0. The smallest absolute Gasteiger partial charge is 0.198 e. The molecule has 0 amide bonds. The van der Waals surface area contributed by atoms with E-state index in [2.05, 4.69) is 30.9 Å². The normalized spacial score (nSPS) is 31.7. The Labute approximate surface area is 173 Å². The molecular formula is C25H27N3O. The molecule has 2 aromatic rings. The standard InChI is InChI=1S/C25H27N3O/c1-23(2)22(28-16-10-5-11-17-28)24(18-26,20-12-6-3-7-13-20)29-25(23,19-27)21-14-8-4-9-15-21/h3-4,6-9,12-15,22H,5,10-11,16-17H2,1-2H3/t22?,24-,25+/m0/s1. The van der Waals surface area contributed by atoms with E-state index < -0.39 is 16.6 Å². The molecule has 148 valence electrons. The lowest BCUT2D eigenvalue weighted by molar-refractivity contribution is -0.0787. The Bertz CT molecular complexity index is 938. The maximum atomic E-state index is 10.6. The van der Waals surface area contributed by atoms with Crippen LogP contribution in [0.1, 0.15) is 44.2 Å². The Morgan fingerprint density at radius 2 is 1.38 bits per heavy atom. The van der Waals surface area contributed by atoms with Gasteiger partial charge in [0, 0.05) is 5.41 Å². The Morgan fingerprint density at radius 1 is 0.828 bits per heavy atom. The highest BCUT2D eigenvalue weighted by molar-refractivity contribution is 5.44. The third kappa shape index (κ3) is 2.79. The molecule has 0 radical (unpaired) electrons. The van der Waals surface area contributed by atoms with Crippen molar-refractivity contribution in [1.82, 2.24) is 4.90 Å². The van der Waals surface area contributed by atoms with E-state index in [1.807, 2.05) is 60.7 Å². The van der Waals surface area contributed by atoms with Gasteiger partial charge in [0.2, 0.25) is 0 Å². The monoisotopic (exact) mass is 385 g/mol. The second-order valence-electron chi connectivity index (χ2n) is 8.70. The van der Waals surface area contributed by atoms with Gasteiger partial charge in [-0.25, -0.2) is 0 Å². The highest BCUT2D eigenvalue weighted by atomic mass is 16.5. The molecule has 2 aliphatic heterocycles. The zero-order chi connectivity index (χ0) is 20.5. The molecule has 4 heteroatoms. The molecule has 4 nitrogen and oxygen atoms in total. The first-order chi connectivity index (χ1) is 14.0. The summed E-state index contributed by atoms with van der Waals surface area (Å²) in [5, 5.41) is 21.1. The van der Waals surface area contributed by atoms with Crippen molar-refractivity contribution in [1.29, 1.82) is 10.5 Å². The van der Waals surface area contributed by atoms with E-state index in [4.69, 9.17) is 4.74 Å². The van der Waals surface area contributed by atoms with Crippen LogP contribution in [0, 0.1) is 28.1 Å². The SMILES string of the molecule is CC1(C)C(N2CCCCC2)[C@](C#N)(c2ccccc2)O[C@]1(C#N)c1ccccc1. The first-order valence-electron chi connectivity index (χ1n) is 10.4. The van der Waals surface area contributed by atoms with Crippen LogP contribution in [0.3, 0.4) is 0 Å². The Hall–Kier alpha value is -2.66. The Balaban J connectivity index is 1.97. The summed E-state index contributed by atoms with van der Waals surface area (Å²) in [4.78, 5) is 2.39. The van der Waals surface area contributed by atoms with Crippen molar-refractivity contribution in [2.24, 2.45) is 5.41 Å². The number of ether oxygens (including phenoxy) is 1. The maximum Gasteiger partial charge on any atom is 0.198 e. The number of hydrogen-bond donors (Lipinski definition) is 0. The van der Waals surface area contributed by atoms with Crippen LogP contribution in [0.25, 0.3) is 0 Å². The number of benzene rings is 2. The van der Waals surface area contributed by atoms with Crippen LogP contribution in [-0.2, 0) is 15.9 Å². The van der Waals surface area contributed by atoms with E-state index in [9.17, 15) is 10.5 Å². The van der Waals surface area contributed by atoms with Crippen molar-refractivity contribution in [2.75, 3.05) is 13.1 Å². The molecule has 0 N–H and O–H groups in total. The minimum Gasteiger partial charge on any atom is -0.328 e. The lowest BCUT2D eigenvalue weighted by Crippen LogP contribution is -2.56. The molecule has 0 bridgehead atoms. The Morgan fingerprint density at radius 3 is 1.90 bits per heavy atom. The lowest BCUT2D eigenvalue weighted by Gasteiger charge is -2.45. The molecule has 29 heavy (non-hydrogen) atoms. The van der Waals surface area contributed by atoms with Crippen LogP contribution < -0.4 is 0 Å². The molecule has 0 saturated carbocycles. The first-order valence-corrected chi connectivity index (χ1v) is 10.4. The van der Waals surface area contributed by atoms with Gasteiger partial charge >= 0.3 is 0 Å². The first kappa shape index (κ1) is 19.6. The van der Waals surface area contributed by atoms with Gasteiger partial charge in [-0.1, -0.05) is 80.9 Å². The van der Waals surface area contributed by atoms with Crippen molar-refractivity contribution in [3.8, 4) is 12.1 Å². The van der Waals surface area contributed by atoms with Crippen LogP contribution in [0.4, 0.5) is 0 Å². The fraction of sp³-hybridized carbons (Fsp3) is 0.440. The molecule has 0 aliphatic carbocycles. The van der Waals surface area contributed by atoms with Gasteiger partial charge in [-0.3, -0.25) is 4.90 Å².